The molecule has 0 aliphatic carbocycles. The van der Waals surface area contributed by atoms with Crippen LogP contribution in [0.1, 0.15) is 5.56 Å². The molecule has 5 rings (SSSR count). The minimum atomic E-state index is -1.92. The molecule has 0 saturated carbocycles. The summed E-state index contributed by atoms with van der Waals surface area (Å²) < 4.78 is 7.72. The van der Waals surface area contributed by atoms with E-state index >= 15 is 0 Å². The second kappa shape index (κ2) is 6.18. The summed E-state index contributed by atoms with van der Waals surface area (Å²) >= 11 is -1.92. The summed E-state index contributed by atoms with van der Waals surface area (Å²) in [5, 5.41) is 3.35. The third-order valence-corrected chi connectivity index (χ3v) is 9.67. The van der Waals surface area contributed by atoms with E-state index in [1.165, 1.54) is 9.96 Å². The number of furan rings is 1. The third-order valence-electron chi connectivity index (χ3n) is 5.38. The summed E-state index contributed by atoms with van der Waals surface area (Å²) in [6, 6.07) is 19.3. The Morgan fingerprint density at radius 1 is 0.821 bits per heavy atom. The topological polar surface area (TPSA) is 38.9 Å². The van der Waals surface area contributed by atoms with E-state index in [1.54, 1.807) is 6.33 Å². The maximum atomic E-state index is 6.27. The van der Waals surface area contributed by atoms with E-state index in [1.807, 2.05) is 12.1 Å². The quantitative estimate of drug-likeness (QED) is 0.322. The number of nitrogens with zero attached hydrogens (tertiary/aromatic N) is 2. The summed E-state index contributed by atoms with van der Waals surface area (Å²) in [7, 11) is 0. The van der Waals surface area contributed by atoms with Crippen LogP contribution in [0.3, 0.4) is 0 Å². The van der Waals surface area contributed by atoms with Gasteiger partial charge in [0.05, 0.1) is 0 Å². The first-order valence-electron chi connectivity index (χ1n) is 9.59. The molecule has 3 aromatic carbocycles. The van der Waals surface area contributed by atoms with Gasteiger partial charge in [0, 0.05) is 0 Å². The van der Waals surface area contributed by atoms with Crippen LogP contribution in [0.25, 0.3) is 44.1 Å². The SMILES string of the molecule is Cc1cc(-c2ncnc3c[c]([Ge]([CH3])([CH3])[CH3])ccc23)c2oc3ccccc3c2c1. The minimum absolute atomic E-state index is 0.893. The number of aryl methyl sites for hydroxylation is 1. The van der Waals surface area contributed by atoms with Crippen molar-refractivity contribution in [3.05, 3.63) is 66.5 Å². The second-order valence-corrected chi connectivity index (χ2v) is 19.1. The number of hydrogen-bond acceptors (Lipinski definition) is 3. The van der Waals surface area contributed by atoms with E-state index in [9.17, 15) is 0 Å². The standard InChI is InChI=1S/C24H22GeN2O/c1-15-11-19-17-7-5-6-8-22(17)28-24(19)20(12-15)23-18-10-9-16(25(2,3)4)13-21(18)26-14-27-23/h5-14H,1-4H3. The molecular formula is C24H22GeN2O. The van der Waals surface area contributed by atoms with Crippen LogP contribution < -0.4 is 4.40 Å². The van der Waals surface area contributed by atoms with Crippen LogP contribution in [-0.4, -0.2) is 23.2 Å². The molecule has 0 N–H and O–H groups in total. The van der Waals surface area contributed by atoms with Gasteiger partial charge in [0.1, 0.15) is 0 Å². The molecule has 0 amide bonds. The predicted octanol–water partition coefficient (Wildman–Crippen LogP) is 6.05. The molecule has 28 heavy (non-hydrogen) atoms. The van der Waals surface area contributed by atoms with Crippen LogP contribution in [-0.2, 0) is 0 Å². The molecule has 0 bridgehead atoms. The van der Waals surface area contributed by atoms with Crippen LogP contribution in [0.4, 0.5) is 0 Å². The van der Waals surface area contributed by atoms with Crippen molar-refractivity contribution in [1.29, 1.82) is 0 Å². The van der Waals surface area contributed by atoms with Gasteiger partial charge in [0.25, 0.3) is 0 Å². The molecule has 0 aliphatic rings. The first-order chi connectivity index (χ1) is 13.4. The molecule has 138 valence electrons. The van der Waals surface area contributed by atoms with E-state index < -0.39 is 13.3 Å². The summed E-state index contributed by atoms with van der Waals surface area (Å²) in [6.45, 7) is 2.12. The second-order valence-electron chi connectivity index (χ2n) is 8.49. The summed E-state index contributed by atoms with van der Waals surface area (Å²) in [6.07, 6.45) is 1.67. The number of hydrogen-bond donors (Lipinski definition) is 0. The van der Waals surface area contributed by atoms with E-state index in [-0.39, 0.29) is 0 Å². The molecule has 2 heterocycles. The Morgan fingerprint density at radius 2 is 1.64 bits per heavy atom. The Balaban J connectivity index is 1.84. The molecule has 2 aromatic heterocycles. The van der Waals surface area contributed by atoms with Crippen LogP contribution in [0.15, 0.2) is 65.3 Å². The fourth-order valence-electron chi connectivity index (χ4n) is 3.89. The zero-order chi connectivity index (χ0) is 19.5. The molecule has 3 nitrogen and oxygen atoms in total. The van der Waals surface area contributed by atoms with Crippen LogP contribution >= 0.6 is 0 Å². The maximum absolute atomic E-state index is 6.27. The summed E-state index contributed by atoms with van der Waals surface area (Å²) in [5.74, 6) is 7.21. The van der Waals surface area contributed by atoms with Crippen molar-refractivity contribution in [2.45, 2.75) is 24.2 Å². The van der Waals surface area contributed by atoms with Gasteiger partial charge in [-0.25, -0.2) is 0 Å². The molecule has 0 fully saturated rings. The Bertz CT molecular complexity index is 1360. The van der Waals surface area contributed by atoms with Crippen molar-refractivity contribution in [3.8, 4) is 11.3 Å². The molecule has 0 atom stereocenters. The monoisotopic (exact) mass is 428 g/mol. The number of aromatic nitrogens is 2. The molecule has 0 saturated heterocycles. The Morgan fingerprint density at radius 3 is 2.46 bits per heavy atom. The molecule has 0 spiro atoms. The van der Waals surface area contributed by atoms with E-state index in [0.29, 0.717) is 0 Å². The van der Waals surface area contributed by atoms with Gasteiger partial charge < -0.3 is 0 Å². The van der Waals surface area contributed by atoms with Crippen LogP contribution in [0.2, 0.25) is 17.3 Å². The van der Waals surface area contributed by atoms with Gasteiger partial charge in [-0.05, 0) is 0 Å². The van der Waals surface area contributed by atoms with Crippen molar-refractivity contribution in [2.75, 3.05) is 0 Å². The van der Waals surface area contributed by atoms with Crippen molar-refractivity contribution in [3.63, 3.8) is 0 Å². The fraction of sp³-hybridized carbons (Fsp3) is 0.167. The summed E-state index contributed by atoms with van der Waals surface area (Å²) in [5.41, 5.74) is 5.97. The Hall–Kier alpha value is -2.66. The number of para-hydroxylation sites is 1. The number of benzene rings is 3. The fourth-order valence-corrected chi connectivity index (χ4v) is 6.30. The van der Waals surface area contributed by atoms with E-state index in [2.05, 4.69) is 76.6 Å². The molecule has 0 aliphatic heterocycles. The van der Waals surface area contributed by atoms with E-state index in [0.717, 1.165) is 44.1 Å². The van der Waals surface area contributed by atoms with E-state index in [4.69, 9.17) is 4.42 Å². The summed E-state index contributed by atoms with van der Waals surface area (Å²) in [4.78, 5) is 9.25. The normalized spacial score (nSPS) is 12.3. The van der Waals surface area contributed by atoms with Crippen LogP contribution in [0, 0.1) is 6.92 Å². The Kier molecular flexibility index (Phi) is 3.85. The van der Waals surface area contributed by atoms with Crippen molar-refractivity contribution < 1.29 is 4.42 Å². The molecular weight excluding hydrogens is 405 g/mol. The number of fused-ring (bicyclic) bond motifs is 4. The third kappa shape index (κ3) is 2.73. The van der Waals surface area contributed by atoms with Gasteiger partial charge in [-0.3, -0.25) is 0 Å². The average Bonchev–Trinajstić information content (AvgIpc) is 3.04. The van der Waals surface area contributed by atoms with Crippen molar-refractivity contribution in [1.82, 2.24) is 9.97 Å². The molecule has 4 heteroatoms. The molecule has 5 aromatic rings. The average molecular weight is 427 g/mol. The first kappa shape index (κ1) is 17.4. The zero-order valence-electron chi connectivity index (χ0n) is 16.6. The van der Waals surface area contributed by atoms with Gasteiger partial charge in [-0.15, -0.1) is 0 Å². The van der Waals surface area contributed by atoms with Gasteiger partial charge >= 0.3 is 167 Å². The zero-order valence-corrected chi connectivity index (χ0v) is 18.7. The van der Waals surface area contributed by atoms with Crippen LogP contribution in [0.5, 0.6) is 0 Å². The van der Waals surface area contributed by atoms with Crippen molar-refractivity contribution >= 4 is 50.5 Å². The van der Waals surface area contributed by atoms with Gasteiger partial charge in [0.15, 0.2) is 0 Å². The molecule has 0 radical (unpaired) electrons. The van der Waals surface area contributed by atoms with Crippen molar-refractivity contribution in [2.24, 2.45) is 0 Å². The van der Waals surface area contributed by atoms with Gasteiger partial charge in [-0.1, -0.05) is 0 Å². The first-order valence-corrected chi connectivity index (χ1v) is 16.9. The van der Waals surface area contributed by atoms with Gasteiger partial charge in [-0.2, -0.15) is 0 Å². The number of rotatable bonds is 2. The Labute approximate surface area is 166 Å². The molecule has 0 unspecified atom stereocenters. The predicted molar refractivity (Wildman–Crippen MR) is 120 cm³/mol. The van der Waals surface area contributed by atoms with Gasteiger partial charge in [0.2, 0.25) is 0 Å².